The Morgan fingerprint density at radius 3 is 2.71 bits per heavy atom. The second-order valence-electron chi connectivity index (χ2n) is 5.13. The highest BCUT2D eigenvalue weighted by atomic mass is 35.5. The van der Waals surface area contributed by atoms with Crippen LogP contribution in [0.4, 0.5) is 0 Å². The van der Waals surface area contributed by atoms with Crippen LogP contribution in [0.5, 0.6) is 0 Å². The lowest BCUT2D eigenvalue weighted by molar-refractivity contribution is -0.0226. The standard InChI is InChI=1S/C16H16ClNO2S/c1-11-2-4-12(5-3-11)13-10-18(8-9-20-13)16(19)14-6-7-15(17)21-14/h2-7,13H,8-10H2,1H3. The van der Waals surface area contributed by atoms with Crippen molar-refractivity contribution >= 4 is 28.8 Å². The topological polar surface area (TPSA) is 29.5 Å². The van der Waals surface area contributed by atoms with Gasteiger partial charge in [-0.05, 0) is 24.6 Å². The molecule has 110 valence electrons. The van der Waals surface area contributed by atoms with Crippen molar-refractivity contribution in [1.82, 2.24) is 4.90 Å². The van der Waals surface area contributed by atoms with Gasteiger partial charge in [-0.1, -0.05) is 41.4 Å². The Bertz CT molecular complexity index is 638. The van der Waals surface area contributed by atoms with Crippen LogP contribution in [-0.4, -0.2) is 30.5 Å². The molecule has 1 aromatic heterocycles. The molecule has 2 heterocycles. The van der Waals surface area contributed by atoms with Crippen LogP contribution in [0.25, 0.3) is 0 Å². The third-order valence-corrected chi connectivity index (χ3v) is 4.81. The Morgan fingerprint density at radius 1 is 1.29 bits per heavy atom. The highest BCUT2D eigenvalue weighted by molar-refractivity contribution is 7.17. The van der Waals surface area contributed by atoms with Crippen LogP contribution in [-0.2, 0) is 4.74 Å². The Labute approximate surface area is 133 Å². The largest absolute Gasteiger partial charge is 0.370 e. The van der Waals surface area contributed by atoms with Gasteiger partial charge in [-0.15, -0.1) is 11.3 Å². The number of thiophene rings is 1. The maximum absolute atomic E-state index is 12.5. The van der Waals surface area contributed by atoms with E-state index in [0.717, 1.165) is 5.56 Å². The minimum atomic E-state index is -0.0567. The maximum atomic E-state index is 12.5. The Kier molecular flexibility index (Phi) is 4.29. The smallest absolute Gasteiger partial charge is 0.264 e. The van der Waals surface area contributed by atoms with Crippen molar-refractivity contribution in [3.63, 3.8) is 0 Å². The van der Waals surface area contributed by atoms with Crippen LogP contribution in [0.1, 0.15) is 26.9 Å². The van der Waals surface area contributed by atoms with Crippen LogP contribution < -0.4 is 0 Å². The van der Waals surface area contributed by atoms with Crippen LogP contribution in [0.3, 0.4) is 0 Å². The van der Waals surface area contributed by atoms with Gasteiger partial charge in [0.1, 0.15) is 6.10 Å². The number of rotatable bonds is 2. The number of ether oxygens (including phenoxy) is 1. The third-order valence-electron chi connectivity index (χ3n) is 3.59. The summed E-state index contributed by atoms with van der Waals surface area (Å²) in [5.41, 5.74) is 2.33. The predicted octanol–water partition coefficient (Wildman–Crippen LogP) is 3.92. The summed E-state index contributed by atoms with van der Waals surface area (Å²) in [6.45, 7) is 3.82. The Balaban J connectivity index is 1.73. The van der Waals surface area contributed by atoms with E-state index in [4.69, 9.17) is 16.3 Å². The molecule has 3 rings (SSSR count). The fraction of sp³-hybridized carbons (Fsp3) is 0.312. The van der Waals surface area contributed by atoms with Gasteiger partial charge in [0.05, 0.1) is 22.4 Å². The summed E-state index contributed by atoms with van der Waals surface area (Å²) in [5.74, 6) is 0.0345. The minimum Gasteiger partial charge on any atom is -0.370 e. The molecule has 1 fully saturated rings. The summed E-state index contributed by atoms with van der Waals surface area (Å²) in [6, 6.07) is 11.8. The zero-order valence-electron chi connectivity index (χ0n) is 11.7. The van der Waals surface area contributed by atoms with E-state index in [0.29, 0.717) is 28.9 Å². The molecule has 1 aliphatic rings. The Morgan fingerprint density at radius 2 is 2.05 bits per heavy atom. The fourth-order valence-corrected chi connectivity index (χ4v) is 3.41. The first-order valence-electron chi connectivity index (χ1n) is 6.86. The number of halogens is 1. The second-order valence-corrected chi connectivity index (χ2v) is 6.84. The first kappa shape index (κ1) is 14.6. The number of amides is 1. The lowest BCUT2D eigenvalue weighted by Crippen LogP contribution is -2.42. The van der Waals surface area contributed by atoms with Crippen molar-refractivity contribution in [3.8, 4) is 0 Å². The first-order valence-corrected chi connectivity index (χ1v) is 8.06. The lowest BCUT2D eigenvalue weighted by atomic mass is 10.1. The highest BCUT2D eigenvalue weighted by Crippen LogP contribution is 2.26. The molecule has 1 aromatic carbocycles. The van der Waals surface area contributed by atoms with E-state index in [2.05, 4.69) is 31.2 Å². The summed E-state index contributed by atoms with van der Waals surface area (Å²) in [4.78, 5) is 15.0. The van der Waals surface area contributed by atoms with Crippen molar-refractivity contribution < 1.29 is 9.53 Å². The first-order chi connectivity index (χ1) is 10.1. The van der Waals surface area contributed by atoms with Gasteiger partial charge in [-0.2, -0.15) is 0 Å². The summed E-state index contributed by atoms with van der Waals surface area (Å²) < 4.78 is 6.45. The van der Waals surface area contributed by atoms with Crippen LogP contribution in [0.2, 0.25) is 4.34 Å². The number of morpholine rings is 1. The number of aryl methyl sites for hydroxylation is 1. The van der Waals surface area contributed by atoms with Crippen molar-refractivity contribution in [2.75, 3.05) is 19.7 Å². The van der Waals surface area contributed by atoms with E-state index in [1.807, 2.05) is 4.90 Å². The van der Waals surface area contributed by atoms with E-state index in [9.17, 15) is 4.79 Å². The summed E-state index contributed by atoms with van der Waals surface area (Å²) in [5, 5.41) is 0. The summed E-state index contributed by atoms with van der Waals surface area (Å²) in [6.07, 6.45) is -0.0567. The number of hydrogen-bond acceptors (Lipinski definition) is 3. The molecular weight excluding hydrogens is 306 g/mol. The van der Waals surface area contributed by atoms with Crippen LogP contribution >= 0.6 is 22.9 Å². The van der Waals surface area contributed by atoms with Crippen molar-refractivity contribution in [2.24, 2.45) is 0 Å². The van der Waals surface area contributed by atoms with Crippen LogP contribution in [0, 0.1) is 6.92 Å². The number of nitrogens with zero attached hydrogens (tertiary/aromatic N) is 1. The van der Waals surface area contributed by atoms with Gasteiger partial charge in [0.15, 0.2) is 0 Å². The monoisotopic (exact) mass is 321 g/mol. The van der Waals surface area contributed by atoms with Crippen molar-refractivity contribution in [3.05, 3.63) is 56.7 Å². The second kappa shape index (κ2) is 6.18. The van der Waals surface area contributed by atoms with E-state index in [1.165, 1.54) is 16.9 Å². The normalized spacial score (nSPS) is 18.8. The van der Waals surface area contributed by atoms with Gasteiger partial charge in [0, 0.05) is 6.54 Å². The van der Waals surface area contributed by atoms with Gasteiger partial charge in [-0.3, -0.25) is 4.79 Å². The highest BCUT2D eigenvalue weighted by Gasteiger charge is 2.26. The Hall–Kier alpha value is -1.36. The van der Waals surface area contributed by atoms with Gasteiger partial charge in [-0.25, -0.2) is 0 Å². The number of carbonyl (C=O) groups excluding carboxylic acids is 1. The molecule has 1 aliphatic heterocycles. The number of benzene rings is 1. The average molecular weight is 322 g/mol. The van der Waals surface area contributed by atoms with Crippen LogP contribution in [0.15, 0.2) is 36.4 Å². The van der Waals surface area contributed by atoms with Gasteiger partial charge < -0.3 is 9.64 Å². The van der Waals surface area contributed by atoms with Crippen molar-refractivity contribution in [1.29, 1.82) is 0 Å². The van der Waals surface area contributed by atoms with Gasteiger partial charge in [0.25, 0.3) is 5.91 Å². The lowest BCUT2D eigenvalue weighted by Gasteiger charge is -2.33. The molecule has 1 amide bonds. The number of hydrogen-bond donors (Lipinski definition) is 0. The minimum absolute atomic E-state index is 0.0345. The molecule has 0 radical (unpaired) electrons. The molecular formula is C16H16ClNO2S. The molecule has 0 saturated carbocycles. The summed E-state index contributed by atoms with van der Waals surface area (Å²) >= 11 is 7.23. The van der Waals surface area contributed by atoms with E-state index < -0.39 is 0 Å². The van der Waals surface area contributed by atoms with E-state index in [-0.39, 0.29) is 12.0 Å². The third kappa shape index (κ3) is 3.28. The fourth-order valence-electron chi connectivity index (χ4n) is 2.40. The SMILES string of the molecule is Cc1ccc(C2CN(C(=O)c3ccc(Cl)s3)CCO2)cc1. The number of carbonyl (C=O) groups is 1. The molecule has 1 atom stereocenters. The van der Waals surface area contributed by atoms with Gasteiger partial charge in [0.2, 0.25) is 0 Å². The zero-order valence-corrected chi connectivity index (χ0v) is 13.3. The summed E-state index contributed by atoms with van der Waals surface area (Å²) in [7, 11) is 0. The molecule has 21 heavy (non-hydrogen) atoms. The quantitative estimate of drug-likeness (QED) is 0.839. The maximum Gasteiger partial charge on any atom is 0.264 e. The molecule has 1 saturated heterocycles. The zero-order chi connectivity index (χ0) is 14.8. The predicted molar refractivity (Wildman–Crippen MR) is 85.1 cm³/mol. The molecule has 5 heteroatoms. The van der Waals surface area contributed by atoms with E-state index in [1.54, 1.807) is 12.1 Å². The molecule has 0 N–H and O–H groups in total. The molecule has 0 bridgehead atoms. The van der Waals surface area contributed by atoms with Crippen molar-refractivity contribution in [2.45, 2.75) is 13.0 Å². The molecule has 2 aromatic rings. The molecule has 0 spiro atoms. The molecule has 1 unspecified atom stereocenters. The van der Waals surface area contributed by atoms with Gasteiger partial charge >= 0.3 is 0 Å². The average Bonchev–Trinajstić information content (AvgIpc) is 2.94. The molecule has 3 nitrogen and oxygen atoms in total. The van der Waals surface area contributed by atoms with E-state index >= 15 is 0 Å². The molecule has 0 aliphatic carbocycles.